The van der Waals surface area contributed by atoms with Gasteiger partial charge in [0.05, 0.1) is 5.56 Å². The van der Waals surface area contributed by atoms with Crippen LogP contribution in [0.4, 0.5) is 8.78 Å². The molecule has 0 spiro atoms. The van der Waals surface area contributed by atoms with Crippen LogP contribution < -0.4 is 4.74 Å². The molecule has 0 N–H and O–H groups in total. The number of carbonyl (C=O) groups excluding carboxylic acids is 1. The van der Waals surface area contributed by atoms with E-state index in [1.807, 2.05) is 0 Å². The van der Waals surface area contributed by atoms with E-state index in [0.29, 0.717) is 10.8 Å². The largest absolute Gasteiger partial charge is 0.485 e. The van der Waals surface area contributed by atoms with Gasteiger partial charge in [-0.2, -0.15) is 0 Å². The molecule has 0 amide bonds. The average Bonchev–Trinajstić information content (AvgIpc) is 2.42. The van der Waals surface area contributed by atoms with Crippen molar-refractivity contribution in [2.75, 3.05) is 6.61 Å². The molecular weight excluding hydrogens is 286 g/mol. The highest BCUT2D eigenvalue weighted by molar-refractivity contribution is 6.30. The number of halogens is 3. The molecule has 0 radical (unpaired) electrons. The van der Waals surface area contributed by atoms with Crippen LogP contribution in [0.5, 0.6) is 5.75 Å². The molecule has 104 valence electrons. The van der Waals surface area contributed by atoms with E-state index in [1.165, 1.54) is 25.1 Å². The first-order valence-electron chi connectivity index (χ1n) is 5.85. The van der Waals surface area contributed by atoms with Crippen LogP contribution >= 0.6 is 11.6 Å². The van der Waals surface area contributed by atoms with Crippen molar-refractivity contribution in [1.82, 2.24) is 0 Å². The van der Waals surface area contributed by atoms with E-state index in [2.05, 4.69) is 0 Å². The molecule has 0 saturated carbocycles. The lowest BCUT2D eigenvalue weighted by atomic mass is 10.1. The molecule has 0 atom stereocenters. The van der Waals surface area contributed by atoms with Crippen molar-refractivity contribution in [3.8, 4) is 5.75 Å². The summed E-state index contributed by atoms with van der Waals surface area (Å²) in [7, 11) is 0. The smallest absolute Gasteiger partial charge is 0.203 e. The lowest BCUT2D eigenvalue weighted by Crippen LogP contribution is -2.14. The second-order valence-electron chi connectivity index (χ2n) is 4.23. The van der Waals surface area contributed by atoms with Crippen molar-refractivity contribution in [3.05, 3.63) is 64.2 Å². The monoisotopic (exact) mass is 296 g/mol. The quantitative estimate of drug-likeness (QED) is 0.791. The number of benzene rings is 2. The Hall–Kier alpha value is -1.94. The van der Waals surface area contributed by atoms with Crippen molar-refractivity contribution in [3.63, 3.8) is 0 Å². The van der Waals surface area contributed by atoms with Crippen LogP contribution in [0.25, 0.3) is 0 Å². The lowest BCUT2D eigenvalue weighted by Gasteiger charge is -2.07. The van der Waals surface area contributed by atoms with Crippen molar-refractivity contribution in [2.24, 2.45) is 0 Å². The lowest BCUT2D eigenvalue weighted by molar-refractivity contribution is 0.0916. The van der Waals surface area contributed by atoms with Gasteiger partial charge in [0.15, 0.2) is 18.2 Å². The summed E-state index contributed by atoms with van der Waals surface area (Å²) < 4.78 is 32.2. The maximum absolute atomic E-state index is 13.6. The molecule has 2 rings (SSSR count). The van der Waals surface area contributed by atoms with Gasteiger partial charge in [0.25, 0.3) is 0 Å². The van der Waals surface area contributed by atoms with Gasteiger partial charge in [0.2, 0.25) is 5.78 Å². The first kappa shape index (κ1) is 14.5. The minimum Gasteiger partial charge on any atom is -0.485 e. The summed E-state index contributed by atoms with van der Waals surface area (Å²) in [6.45, 7) is 1.04. The predicted octanol–water partition coefficient (Wildman–Crippen LogP) is 4.19. The summed E-state index contributed by atoms with van der Waals surface area (Å²) in [6, 6.07) is 9.06. The Kier molecular flexibility index (Phi) is 4.35. The maximum Gasteiger partial charge on any atom is 0.203 e. The highest BCUT2D eigenvalue weighted by atomic mass is 35.5. The van der Waals surface area contributed by atoms with Crippen LogP contribution in [0, 0.1) is 18.6 Å². The number of hydrogen-bond donors (Lipinski definition) is 0. The highest BCUT2D eigenvalue weighted by Gasteiger charge is 2.17. The van der Waals surface area contributed by atoms with E-state index in [-0.39, 0.29) is 17.7 Å². The van der Waals surface area contributed by atoms with Gasteiger partial charge >= 0.3 is 0 Å². The minimum absolute atomic E-state index is 0.148. The zero-order chi connectivity index (χ0) is 14.7. The molecule has 0 bridgehead atoms. The molecule has 0 aliphatic carbocycles. The van der Waals surface area contributed by atoms with Gasteiger partial charge in [-0.25, -0.2) is 8.78 Å². The zero-order valence-electron chi connectivity index (χ0n) is 10.6. The number of aryl methyl sites for hydroxylation is 1. The normalized spacial score (nSPS) is 10.4. The summed E-state index contributed by atoms with van der Waals surface area (Å²) in [5.41, 5.74) is -0.176. The van der Waals surface area contributed by atoms with E-state index >= 15 is 0 Å². The minimum atomic E-state index is -1.15. The second kappa shape index (κ2) is 6.01. The first-order valence-corrected chi connectivity index (χ1v) is 6.23. The maximum atomic E-state index is 13.6. The molecule has 20 heavy (non-hydrogen) atoms. The van der Waals surface area contributed by atoms with Gasteiger partial charge in [-0.1, -0.05) is 23.7 Å². The zero-order valence-corrected chi connectivity index (χ0v) is 11.4. The molecule has 0 aliphatic rings. The summed E-state index contributed by atoms with van der Waals surface area (Å²) in [5, 5.41) is 0.461. The number of carbonyl (C=O) groups is 1. The van der Waals surface area contributed by atoms with Crippen LogP contribution in [0.2, 0.25) is 5.02 Å². The van der Waals surface area contributed by atoms with Crippen molar-refractivity contribution in [1.29, 1.82) is 0 Å². The third kappa shape index (κ3) is 3.14. The molecule has 0 saturated heterocycles. The first-order chi connectivity index (χ1) is 9.49. The summed E-state index contributed by atoms with van der Waals surface area (Å²) in [4.78, 5) is 11.8. The van der Waals surface area contributed by atoms with Gasteiger partial charge in [0, 0.05) is 5.02 Å². The molecule has 2 aromatic rings. The standard InChI is InChI=1S/C15H11ClF2O2/c1-9-5-6-12(15(18)14(9)17)13(19)8-20-11-4-2-3-10(16)7-11/h2-7H,8H2,1H3. The molecule has 0 heterocycles. The molecule has 0 aliphatic heterocycles. The van der Waals surface area contributed by atoms with Crippen molar-refractivity contribution in [2.45, 2.75) is 6.92 Å². The van der Waals surface area contributed by atoms with E-state index in [0.717, 1.165) is 0 Å². The Morgan fingerprint density at radius 3 is 2.65 bits per heavy atom. The predicted molar refractivity (Wildman–Crippen MR) is 72.4 cm³/mol. The molecule has 0 fully saturated rings. The SMILES string of the molecule is Cc1ccc(C(=O)COc2cccc(Cl)c2)c(F)c1F. The Labute approximate surface area is 119 Å². The Bertz CT molecular complexity index is 656. The molecule has 5 heteroatoms. The van der Waals surface area contributed by atoms with Crippen molar-refractivity contribution < 1.29 is 18.3 Å². The molecular formula is C15H11ClF2O2. The third-order valence-electron chi connectivity index (χ3n) is 2.74. The van der Waals surface area contributed by atoms with Crippen LogP contribution in [-0.4, -0.2) is 12.4 Å². The van der Waals surface area contributed by atoms with Gasteiger partial charge in [-0.15, -0.1) is 0 Å². The average molecular weight is 297 g/mol. The number of Topliss-reactive ketones (excluding diaryl/α,β-unsaturated/α-hetero) is 1. The fourth-order valence-electron chi connectivity index (χ4n) is 1.64. The topological polar surface area (TPSA) is 26.3 Å². The second-order valence-corrected chi connectivity index (χ2v) is 4.66. The van der Waals surface area contributed by atoms with Gasteiger partial charge in [0.1, 0.15) is 5.75 Å². The van der Waals surface area contributed by atoms with Crippen LogP contribution in [0.3, 0.4) is 0 Å². The van der Waals surface area contributed by atoms with Crippen LogP contribution in [0.1, 0.15) is 15.9 Å². The number of rotatable bonds is 4. The van der Waals surface area contributed by atoms with E-state index in [1.54, 1.807) is 18.2 Å². The highest BCUT2D eigenvalue weighted by Crippen LogP contribution is 2.19. The third-order valence-corrected chi connectivity index (χ3v) is 2.98. The summed E-state index contributed by atoms with van der Waals surface area (Å²) >= 11 is 5.77. The van der Waals surface area contributed by atoms with Crippen LogP contribution in [0.15, 0.2) is 36.4 Å². The number of ether oxygens (including phenoxy) is 1. The van der Waals surface area contributed by atoms with E-state index in [4.69, 9.17) is 16.3 Å². The Morgan fingerprint density at radius 1 is 1.20 bits per heavy atom. The molecule has 2 aromatic carbocycles. The van der Waals surface area contributed by atoms with Gasteiger partial charge < -0.3 is 4.74 Å². The molecule has 0 aromatic heterocycles. The Balaban J connectivity index is 2.11. The Morgan fingerprint density at radius 2 is 1.95 bits per heavy atom. The summed E-state index contributed by atoms with van der Waals surface area (Å²) in [5.74, 6) is -2.41. The van der Waals surface area contributed by atoms with Crippen LogP contribution in [-0.2, 0) is 0 Å². The van der Waals surface area contributed by atoms with E-state index < -0.39 is 17.4 Å². The number of hydrogen-bond acceptors (Lipinski definition) is 2. The van der Waals surface area contributed by atoms with Gasteiger partial charge in [-0.05, 0) is 36.8 Å². The number of ketones is 1. The van der Waals surface area contributed by atoms with Gasteiger partial charge in [-0.3, -0.25) is 4.79 Å². The summed E-state index contributed by atoms with van der Waals surface area (Å²) in [6.07, 6.45) is 0. The fourth-order valence-corrected chi connectivity index (χ4v) is 1.83. The molecule has 0 unspecified atom stereocenters. The molecule has 2 nitrogen and oxygen atoms in total. The van der Waals surface area contributed by atoms with E-state index in [9.17, 15) is 13.6 Å². The fraction of sp³-hybridized carbons (Fsp3) is 0.133. The van der Waals surface area contributed by atoms with Crippen molar-refractivity contribution >= 4 is 17.4 Å².